The van der Waals surface area contributed by atoms with Gasteiger partial charge < -0.3 is 15.6 Å². The normalized spacial score (nSPS) is 17.5. The van der Waals surface area contributed by atoms with Crippen molar-refractivity contribution in [1.82, 2.24) is 19.9 Å². The molecular formula is C15H14ClN5OS. The van der Waals surface area contributed by atoms with Gasteiger partial charge in [0.15, 0.2) is 11.0 Å². The monoisotopic (exact) mass is 347 g/mol. The number of rotatable bonds is 1. The van der Waals surface area contributed by atoms with Gasteiger partial charge in [-0.2, -0.15) is 0 Å². The molecule has 1 atom stereocenters. The molecule has 3 aromatic rings. The number of para-hydroxylation sites is 1. The van der Waals surface area contributed by atoms with Gasteiger partial charge in [-0.15, -0.1) is 11.3 Å². The maximum atomic E-state index is 12.8. The second kappa shape index (κ2) is 5.21. The van der Waals surface area contributed by atoms with Crippen molar-refractivity contribution in [2.45, 2.75) is 25.9 Å². The number of benzene rings is 1. The number of thiazole rings is 1. The van der Waals surface area contributed by atoms with E-state index in [0.717, 1.165) is 16.1 Å². The lowest BCUT2D eigenvalue weighted by Gasteiger charge is -2.31. The highest BCUT2D eigenvalue weighted by atomic mass is 35.5. The van der Waals surface area contributed by atoms with Crippen LogP contribution in [0, 0.1) is 0 Å². The smallest absolute Gasteiger partial charge is 0.290 e. The number of halogens is 1. The van der Waals surface area contributed by atoms with Crippen LogP contribution in [0.2, 0.25) is 5.02 Å². The number of carbonyl (C=O) groups excluding carboxylic acids is 1. The number of imidazole rings is 1. The van der Waals surface area contributed by atoms with Crippen LogP contribution in [0.5, 0.6) is 0 Å². The van der Waals surface area contributed by atoms with E-state index in [-0.39, 0.29) is 11.9 Å². The van der Waals surface area contributed by atoms with Crippen LogP contribution in [0.1, 0.15) is 28.1 Å². The Morgan fingerprint density at radius 2 is 2.30 bits per heavy atom. The predicted octanol–water partition coefficient (Wildman–Crippen LogP) is 2.84. The Kier molecular flexibility index (Phi) is 3.28. The van der Waals surface area contributed by atoms with E-state index in [1.54, 1.807) is 11.0 Å². The summed E-state index contributed by atoms with van der Waals surface area (Å²) in [5.74, 6) is 0.170. The molecule has 0 bridgehead atoms. The van der Waals surface area contributed by atoms with Gasteiger partial charge in [0.25, 0.3) is 5.91 Å². The summed E-state index contributed by atoms with van der Waals surface area (Å²) >= 11 is 7.57. The molecule has 0 radical (unpaired) electrons. The minimum absolute atomic E-state index is 0.0418. The Balaban J connectivity index is 1.69. The third-order valence-electron chi connectivity index (χ3n) is 4.06. The highest BCUT2D eigenvalue weighted by molar-refractivity contribution is 7.15. The highest BCUT2D eigenvalue weighted by Gasteiger charge is 2.31. The number of amides is 1. The summed E-state index contributed by atoms with van der Waals surface area (Å²) in [4.78, 5) is 27.5. The van der Waals surface area contributed by atoms with Crippen molar-refractivity contribution in [3.8, 4) is 0 Å². The van der Waals surface area contributed by atoms with Crippen LogP contribution >= 0.6 is 22.9 Å². The number of fused-ring (bicyclic) bond motifs is 2. The summed E-state index contributed by atoms with van der Waals surface area (Å²) < 4.78 is 0. The van der Waals surface area contributed by atoms with E-state index in [1.807, 2.05) is 19.1 Å². The molecule has 0 saturated carbocycles. The molecule has 1 aliphatic heterocycles. The van der Waals surface area contributed by atoms with Crippen LogP contribution in [-0.4, -0.2) is 31.8 Å². The molecule has 118 valence electrons. The Morgan fingerprint density at radius 3 is 3.09 bits per heavy atom. The Bertz CT molecular complexity index is 918. The summed E-state index contributed by atoms with van der Waals surface area (Å²) in [6.07, 6.45) is 0.704. The first-order chi connectivity index (χ1) is 11.0. The third kappa shape index (κ3) is 2.36. The Hall–Kier alpha value is -2.12. The van der Waals surface area contributed by atoms with E-state index >= 15 is 0 Å². The predicted molar refractivity (Wildman–Crippen MR) is 90.7 cm³/mol. The molecule has 1 aromatic carbocycles. The van der Waals surface area contributed by atoms with Crippen LogP contribution in [0.15, 0.2) is 18.2 Å². The van der Waals surface area contributed by atoms with E-state index in [1.165, 1.54) is 11.3 Å². The van der Waals surface area contributed by atoms with E-state index in [9.17, 15) is 4.79 Å². The van der Waals surface area contributed by atoms with Crippen LogP contribution in [0.3, 0.4) is 0 Å². The lowest BCUT2D eigenvalue weighted by Crippen LogP contribution is -2.42. The molecule has 1 aliphatic rings. The lowest BCUT2D eigenvalue weighted by molar-refractivity contribution is 0.0649. The van der Waals surface area contributed by atoms with E-state index in [0.29, 0.717) is 34.5 Å². The molecule has 3 N–H and O–H groups in total. The molecule has 8 heteroatoms. The van der Waals surface area contributed by atoms with Crippen molar-refractivity contribution >= 4 is 45.0 Å². The number of anilines is 1. The minimum atomic E-state index is -0.137. The number of carbonyl (C=O) groups is 1. The third-order valence-corrected chi connectivity index (χ3v) is 5.27. The first kappa shape index (κ1) is 14.5. The van der Waals surface area contributed by atoms with Crippen LogP contribution in [0.25, 0.3) is 11.0 Å². The molecule has 6 nitrogen and oxygen atoms in total. The molecule has 0 fully saturated rings. The molecular weight excluding hydrogens is 334 g/mol. The molecule has 4 rings (SSSR count). The molecule has 0 spiro atoms. The largest absolute Gasteiger partial charge is 0.375 e. The summed E-state index contributed by atoms with van der Waals surface area (Å²) in [5.41, 5.74) is 8.15. The highest BCUT2D eigenvalue weighted by Crippen LogP contribution is 2.30. The molecule has 3 heterocycles. The summed E-state index contributed by atoms with van der Waals surface area (Å²) in [6.45, 7) is 2.51. The maximum Gasteiger partial charge on any atom is 0.290 e. The Morgan fingerprint density at radius 1 is 1.48 bits per heavy atom. The van der Waals surface area contributed by atoms with Crippen molar-refractivity contribution in [3.05, 3.63) is 39.6 Å². The number of nitrogens with zero attached hydrogens (tertiary/aromatic N) is 3. The number of H-pyrrole nitrogens is 1. The van der Waals surface area contributed by atoms with Crippen molar-refractivity contribution in [2.24, 2.45) is 0 Å². The average molecular weight is 348 g/mol. The zero-order valence-corrected chi connectivity index (χ0v) is 13.9. The van der Waals surface area contributed by atoms with Gasteiger partial charge in [-0.05, 0) is 19.1 Å². The fourth-order valence-corrected chi connectivity index (χ4v) is 3.97. The molecule has 0 saturated heterocycles. The van der Waals surface area contributed by atoms with Crippen molar-refractivity contribution in [3.63, 3.8) is 0 Å². The number of hydrogen-bond donors (Lipinski definition) is 2. The van der Waals surface area contributed by atoms with E-state index < -0.39 is 0 Å². The van der Waals surface area contributed by atoms with Gasteiger partial charge in [0.2, 0.25) is 0 Å². The molecule has 1 amide bonds. The zero-order valence-electron chi connectivity index (χ0n) is 12.3. The van der Waals surface area contributed by atoms with Gasteiger partial charge in [0.1, 0.15) is 5.52 Å². The van der Waals surface area contributed by atoms with Gasteiger partial charge in [0.05, 0.1) is 22.8 Å². The summed E-state index contributed by atoms with van der Waals surface area (Å²) in [5, 5.41) is 1.08. The minimum Gasteiger partial charge on any atom is -0.375 e. The number of hydrogen-bond acceptors (Lipinski definition) is 5. The zero-order chi connectivity index (χ0) is 16.1. The Labute approximate surface area is 141 Å². The van der Waals surface area contributed by atoms with Gasteiger partial charge in [-0.3, -0.25) is 4.79 Å². The average Bonchev–Trinajstić information content (AvgIpc) is 3.09. The maximum absolute atomic E-state index is 12.8. The van der Waals surface area contributed by atoms with Gasteiger partial charge in [-0.1, -0.05) is 17.7 Å². The fraction of sp³-hybridized carbons (Fsp3) is 0.267. The first-order valence-electron chi connectivity index (χ1n) is 7.22. The first-order valence-corrected chi connectivity index (χ1v) is 8.41. The standard InChI is InChI=1S/C15H14ClN5OS/c1-7-5-10-11(23-15(17)19-10)6-21(7)14(22)13-18-9-4-2-3-8(16)12(9)20-13/h2-4,7H,5-6H2,1H3,(H2,17,19)(H,18,20)/t7-/m1/s1. The molecule has 23 heavy (non-hydrogen) atoms. The lowest BCUT2D eigenvalue weighted by atomic mass is 10.1. The number of aromatic nitrogens is 3. The van der Waals surface area contributed by atoms with Crippen LogP contribution in [-0.2, 0) is 13.0 Å². The quantitative estimate of drug-likeness (QED) is 0.708. The van der Waals surface area contributed by atoms with Crippen molar-refractivity contribution in [2.75, 3.05) is 5.73 Å². The molecule has 0 aliphatic carbocycles. The van der Waals surface area contributed by atoms with Gasteiger partial charge in [0, 0.05) is 17.3 Å². The van der Waals surface area contributed by atoms with Crippen LogP contribution in [0.4, 0.5) is 5.13 Å². The fourth-order valence-electron chi connectivity index (χ4n) is 2.89. The second-order valence-corrected chi connectivity index (χ2v) is 7.15. The van der Waals surface area contributed by atoms with Crippen LogP contribution < -0.4 is 5.73 Å². The second-order valence-electron chi connectivity index (χ2n) is 5.63. The number of nitrogens with two attached hydrogens (primary N) is 1. The topological polar surface area (TPSA) is 87.9 Å². The number of nitrogens with one attached hydrogen (secondary N) is 1. The van der Waals surface area contributed by atoms with Crippen molar-refractivity contribution < 1.29 is 4.79 Å². The van der Waals surface area contributed by atoms with Gasteiger partial charge >= 0.3 is 0 Å². The molecule has 2 aromatic heterocycles. The molecule has 0 unspecified atom stereocenters. The van der Waals surface area contributed by atoms with E-state index in [2.05, 4.69) is 15.0 Å². The van der Waals surface area contributed by atoms with Crippen molar-refractivity contribution in [1.29, 1.82) is 0 Å². The SMILES string of the molecule is C[C@@H]1Cc2nc(N)sc2CN1C(=O)c1nc2c(Cl)cccc2[nH]1. The number of aromatic amines is 1. The number of nitrogen functional groups attached to an aromatic ring is 1. The summed E-state index contributed by atoms with van der Waals surface area (Å²) in [7, 11) is 0. The van der Waals surface area contributed by atoms with Gasteiger partial charge in [-0.25, -0.2) is 9.97 Å². The van der Waals surface area contributed by atoms with E-state index in [4.69, 9.17) is 17.3 Å². The summed E-state index contributed by atoms with van der Waals surface area (Å²) in [6, 6.07) is 5.48.